The van der Waals surface area contributed by atoms with Gasteiger partial charge in [0.25, 0.3) is 0 Å². The monoisotopic (exact) mass is 274 g/mol. The van der Waals surface area contributed by atoms with Crippen molar-refractivity contribution in [1.82, 2.24) is 0 Å². The summed E-state index contributed by atoms with van der Waals surface area (Å²) >= 11 is 0. The molecule has 0 saturated heterocycles. The Balaban J connectivity index is -0.000000845. The van der Waals surface area contributed by atoms with E-state index in [2.05, 4.69) is 0 Å². The normalized spacial score (nSPS) is 13.4. The molecule has 0 aliphatic rings. The minimum atomic E-state index is -1.09. The summed E-state index contributed by atoms with van der Waals surface area (Å²) < 4.78 is 0. The average Bonchev–Trinajstić information content (AvgIpc) is 2.11. The van der Waals surface area contributed by atoms with Gasteiger partial charge in [-0.3, -0.25) is 9.59 Å². The zero-order valence-electron chi connectivity index (χ0n) is 8.41. The molecule has 0 aromatic heterocycles. The molecule has 0 unspecified atom stereocenters. The van der Waals surface area contributed by atoms with Crippen molar-refractivity contribution in [2.24, 2.45) is 11.5 Å². The Morgan fingerprint density at radius 1 is 0.938 bits per heavy atom. The molecule has 0 fully saturated rings. The second-order valence-electron chi connectivity index (χ2n) is 2.83. The molecule has 0 aromatic carbocycles. The van der Waals surface area contributed by atoms with Crippen LogP contribution in [0.25, 0.3) is 0 Å². The van der Waals surface area contributed by atoms with Crippen molar-refractivity contribution in [3.05, 3.63) is 12.2 Å². The third-order valence-electron chi connectivity index (χ3n) is 1.58. The summed E-state index contributed by atoms with van der Waals surface area (Å²) in [7, 11) is 0. The summed E-state index contributed by atoms with van der Waals surface area (Å²) in [6.45, 7) is 0. The average molecular weight is 275 g/mol. The molecule has 0 aliphatic heterocycles. The summed E-state index contributed by atoms with van der Waals surface area (Å²) in [6.07, 6.45) is 3.37. The van der Waals surface area contributed by atoms with E-state index in [9.17, 15) is 9.59 Å². The maximum atomic E-state index is 10.3. The lowest BCUT2D eigenvalue weighted by Crippen LogP contribution is -2.30. The van der Waals surface area contributed by atoms with Crippen LogP contribution in [0.5, 0.6) is 0 Å². The molecule has 0 aliphatic carbocycles. The molecule has 0 heterocycles. The van der Waals surface area contributed by atoms with E-state index in [4.69, 9.17) is 21.7 Å². The summed E-state index contributed by atoms with van der Waals surface area (Å²) in [4.78, 5) is 20.5. The molecule has 0 aromatic rings. The van der Waals surface area contributed by atoms with Gasteiger partial charge in [-0.1, -0.05) is 12.2 Å². The number of hydrogen-bond donors (Lipinski definition) is 4. The second kappa shape index (κ2) is 10.7. The first kappa shape index (κ1) is 20.6. The molecular formula is C8H16Cl2N2O4. The minimum Gasteiger partial charge on any atom is -0.480 e. The second-order valence-corrected chi connectivity index (χ2v) is 2.83. The number of carbonyl (C=O) groups is 2. The number of nitrogens with two attached hydrogens (primary N) is 2. The van der Waals surface area contributed by atoms with Crippen molar-refractivity contribution in [3.8, 4) is 0 Å². The van der Waals surface area contributed by atoms with Crippen molar-refractivity contribution in [2.45, 2.75) is 24.9 Å². The molecule has 0 amide bonds. The molecule has 96 valence electrons. The predicted octanol–water partition coefficient (Wildman–Crippen LogP) is -0.00980. The van der Waals surface area contributed by atoms with Crippen LogP contribution < -0.4 is 11.5 Å². The van der Waals surface area contributed by atoms with Crippen LogP contribution in [0, 0.1) is 0 Å². The molecule has 0 saturated carbocycles. The topological polar surface area (TPSA) is 127 Å². The Kier molecular flexibility index (Phi) is 13.7. The van der Waals surface area contributed by atoms with Gasteiger partial charge in [-0.05, 0) is 12.8 Å². The van der Waals surface area contributed by atoms with Gasteiger partial charge in [0.1, 0.15) is 12.1 Å². The summed E-state index contributed by atoms with van der Waals surface area (Å²) in [5.41, 5.74) is 10.4. The number of hydrogen-bond acceptors (Lipinski definition) is 4. The highest BCUT2D eigenvalue weighted by Gasteiger charge is 2.10. The standard InChI is InChI=1S/C8H14N2O4.2ClH/c9-5(7(11)12)3-1-2-4-6(10)8(13)14;;/h1-2,5-6H,3-4,9-10H2,(H,11,12)(H,13,14);2*1H/b2-1-;;/t5-,6-;;/m0../s1. The maximum Gasteiger partial charge on any atom is 0.320 e. The quantitative estimate of drug-likeness (QED) is 0.505. The van der Waals surface area contributed by atoms with Crippen molar-refractivity contribution < 1.29 is 19.8 Å². The number of halogens is 2. The van der Waals surface area contributed by atoms with Crippen molar-refractivity contribution in [3.63, 3.8) is 0 Å². The summed E-state index contributed by atoms with van der Waals surface area (Å²) in [5, 5.41) is 16.8. The molecule has 8 heteroatoms. The van der Waals surface area contributed by atoms with Gasteiger partial charge >= 0.3 is 11.9 Å². The van der Waals surface area contributed by atoms with Crippen LogP contribution in [0.3, 0.4) is 0 Å². The largest absolute Gasteiger partial charge is 0.480 e. The Hall–Kier alpha value is -0.820. The lowest BCUT2D eigenvalue weighted by molar-refractivity contribution is -0.139. The molecule has 0 bridgehead atoms. The molecule has 2 atom stereocenters. The Morgan fingerprint density at radius 2 is 1.19 bits per heavy atom. The van der Waals surface area contributed by atoms with Crippen molar-refractivity contribution in [2.75, 3.05) is 0 Å². The van der Waals surface area contributed by atoms with E-state index >= 15 is 0 Å². The fraction of sp³-hybridized carbons (Fsp3) is 0.500. The van der Waals surface area contributed by atoms with Gasteiger partial charge in [0.05, 0.1) is 0 Å². The highest BCUT2D eigenvalue weighted by Crippen LogP contribution is 1.95. The Labute approximate surface area is 106 Å². The van der Waals surface area contributed by atoms with Gasteiger partial charge in [-0.25, -0.2) is 0 Å². The molecule has 0 spiro atoms. The predicted molar refractivity (Wildman–Crippen MR) is 64.1 cm³/mol. The van der Waals surface area contributed by atoms with Crippen LogP contribution in [0.15, 0.2) is 12.2 Å². The van der Waals surface area contributed by atoms with E-state index in [1.54, 1.807) is 0 Å². The van der Waals surface area contributed by atoms with Crippen LogP contribution in [-0.4, -0.2) is 34.2 Å². The third-order valence-corrected chi connectivity index (χ3v) is 1.58. The van der Waals surface area contributed by atoms with Crippen molar-refractivity contribution >= 4 is 36.8 Å². The van der Waals surface area contributed by atoms with E-state index in [1.165, 1.54) is 12.2 Å². The van der Waals surface area contributed by atoms with E-state index < -0.39 is 24.0 Å². The van der Waals surface area contributed by atoms with Crippen molar-refractivity contribution in [1.29, 1.82) is 0 Å². The van der Waals surface area contributed by atoms with Crippen LogP contribution in [0.4, 0.5) is 0 Å². The lowest BCUT2D eigenvalue weighted by Gasteiger charge is -2.02. The smallest absolute Gasteiger partial charge is 0.320 e. The van der Waals surface area contributed by atoms with Gasteiger partial charge in [0.2, 0.25) is 0 Å². The van der Waals surface area contributed by atoms with Crippen LogP contribution >= 0.6 is 24.8 Å². The molecule has 6 N–H and O–H groups in total. The SMILES string of the molecule is Cl.Cl.N[C@@H](C/C=C\C[C@H](N)C(=O)O)C(=O)O. The first-order valence-corrected chi connectivity index (χ1v) is 4.07. The fourth-order valence-corrected chi connectivity index (χ4v) is 0.687. The molecule has 0 radical (unpaired) electrons. The van der Waals surface area contributed by atoms with Gasteiger partial charge in [0.15, 0.2) is 0 Å². The van der Waals surface area contributed by atoms with E-state index in [0.29, 0.717) is 0 Å². The van der Waals surface area contributed by atoms with E-state index in [-0.39, 0.29) is 37.7 Å². The molecule has 16 heavy (non-hydrogen) atoms. The van der Waals surface area contributed by atoms with E-state index in [1.807, 2.05) is 0 Å². The van der Waals surface area contributed by atoms with Gasteiger partial charge in [0, 0.05) is 0 Å². The third kappa shape index (κ3) is 9.72. The van der Waals surface area contributed by atoms with Gasteiger partial charge in [-0.15, -0.1) is 24.8 Å². The molecular weight excluding hydrogens is 259 g/mol. The summed E-state index contributed by atoms with van der Waals surface area (Å²) in [5.74, 6) is -2.17. The maximum absolute atomic E-state index is 10.3. The highest BCUT2D eigenvalue weighted by molar-refractivity contribution is 5.85. The van der Waals surface area contributed by atoms with Gasteiger partial charge in [-0.2, -0.15) is 0 Å². The fourth-order valence-electron chi connectivity index (χ4n) is 0.687. The van der Waals surface area contributed by atoms with Gasteiger partial charge < -0.3 is 21.7 Å². The zero-order valence-corrected chi connectivity index (χ0v) is 10.0. The molecule has 6 nitrogen and oxygen atoms in total. The highest BCUT2D eigenvalue weighted by atomic mass is 35.5. The number of aliphatic carboxylic acids is 2. The van der Waals surface area contributed by atoms with Crippen LogP contribution in [0.1, 0.15) is 12.8 Å². The first-order valence-electron chi connectivity index (χ1n) is 4.07. The Morgan fingerprint density at radius 3 is 1.38 bits per heavy atom. The number of rotatable bonds is 6. The zero-order chi connectivity index (χ0) is 11.1. The molecule has 0 rings (SSSR count). The summed E-state index contributed by atoms with van der Waals surface area (Å²) in [6, 6.07) is -1.90. The van der Waals surface area contributed by atoms with E-state index in [0.717, 1.165) is 0 Å². The lowest BCUT2D eigenvalue weighted by atomic mass is 10.1. The van der Waals surface area contributed by atoms with Crippen LogP contribution in [-0.2, 0) is 9.59 Å². The number of carboxylic acid groups (broad SMARTS) is 2. The minimum absolute atomic E-state index is 0. The first-order chi connectivity index (χ1) is 6.45. The number of carboxylic acids is 2. The Bertz CT molecular complexity index is 224. The van der Waals surface area contributed by atoms with Crippen LogP contribution in [0.2, 0.25) is 0 Å².